The van der Waals surface area contributed by atoms with Gasteiger partial charge < -0.3 is 9.84 Å². The van der Waals surface area contributed by atoms with Crippen molar-refractivity contribution in [1.82, 2.24) is 0 Å². The highest BCUT2D eigenvalue weighted by Gasteiger charge is 2.59. The normalized spacial score (nSPS) is 48.7. The minimum atomic E-state index is -0.175. The van der Waals surface area contributed by atoms with Crippen molar-refractivity contribution in [3.8, 4) is 0 Å². The summed E-state index contributed by atoms with van der Waals surface area (Å²) < 4.78 is 5.54. The molecule has 3 heteroatoms. The molecule has 1 N–H and O–H groups in total. The van der Waals surface area contributed by atoms with Crippen LogP contribution in [-0.4, -0.2) is 23.3 Å². The molecule has 3 nitrogen and oxygen atoms in total. The van der Waals surface area contributed by atoms with Crippen molar-refractivity contribution >= 4 is 5.97 Å². The van der Waals surface area contributed by atoms with Gasteiger partial charge >= 0.3 is 5.97 Å². The van der Waals surface area contributed by atoms with E-state index in [9.17, 15) is 9.90 Å². The van der Waals surface area contributed by atoms with Crippen LogP contribution in [0.2, 0.25) is 0 Å². The van der Waals surface area contributed by atoms with Gasteiger partial charge in [0.15, 0.2) is 0 Å². The average molecular weight is 361 g/mol. The molecule has 26 heavy (non-hydrogen) atoms. The van der Waals surface area contributed by atoms with Crippen LogP contribution in [-0.2, 0) is 9.53 Å². The SMILES string of the molecule is CC(=O)O[C@H]1CC[C@]2(C)C(=CC[C@H]3[C@H]4CC[C@@H]([C@@H](C)O)[C@]4(C)CC[C@@H]32)C1. The summed E-state index contributed by atoms with van der Waals surface area (Å²) in [5.74, 6) is 2.65. The maximum absolute atomic E-state index is 11.4. The summed E-state index contributed by atoms with van der Waals surface area (Å²) in [5, 5.41) is 10.3. The molecule has 4 aliphatic rings. The summed E-state index contributed by atoms with van der Waals surface area (Å²) in [6.07, 6.45) is 11.8. The van der Waals surface area contributed by atoms with E-state index in [1.807, 2.05) is 6.92 Å². The van der Waals surface area contributed by atoms with Gasteiger partial charge in [0.25, 0.3) is 0 Å². The van der Waals surface area contributed by atoms with E-state index in [0.717, 1.165) is 37.0 Å². The second kappa shape index (κ2) is 6.36. The van der Waals surface area contributed by atoms with Gasteiger partial charge in [-0.2, -0.15) is 0 Å². The Morgan fingerprint density at radius 3 is 2.65 bits per heavy atom. The lowest BCUT2D eigenvalue weighted by Crippen LogP contribution is -2.51. The molecule has 0 aromatic carbocycles. The van der Waals surface area contributed by atoms with E-state index in [1.165, 1.54) is 39.0 Å². The predicted octanol–water partition coefficient (Wildman–Crippen LogP) is 4.88. The molecule has 4 rings (SSSR count). The first-order valence-corrected chi connectivity index (χ1v) is 10.8. The lowest BCUT2D eigenvalue weighted by Gasteiger charge is -2.58. The second-order valence-electron chi connectivity index (χ2n) is 10.2. The smallest absolute Gasteiger partial charge is 0.302 e. The second-order valence-corrected chi connectivity index (χ2v) is 10.2. The Balaban J connectivity index is 1.58. The molecule has 0 amide bonds. The monoisotopic (exact) mass is 360 g/mol. The van der Waals surface area contributed by atoms with Gasteiger partial charge in [-0.25, -0.2) is 0 Å². The van der Waals surface area contributed by atoms with Gasteiger partial charge in [-0.3, -0.25) is 4.79 Å². The quantitative estimate of drug-likeness (QED) is 0.564. The number of esters is 1. The molecule has 8 atom stereocenters. The third kappa shape index (κ3) is 2.68. The molecule has 0 aromatic heterocycles. The number of aliphatic hydroxyl groups is 1. The summed E-state index contributed by atoms with van der Waals surface area (Å²) in [6.45, 7) is 8.49. The van der Waals surface area contributed by atoms with Crippen LogP contribution in [0.4, 0.5) is 0 Å². The zero-order chi connectivity index (χ0) is 18.7. The molecule has 0 aliphatic heterocycles. The van der Waals surface area contributed by atoms with Crippen molar-refractivity contribution in [3.63, 3.8) is 0 Å². The Hall–Kier alpha value is -0.830. The number of rotatable bonds is 2. The number of fused-ring (bicyclic) bond motifs is 5. The van der Waals surface area contributed by atoms with Crippen LogP contribution < -0.4 is 0 Å². The molecule has 3 fully saturated rings. The molecule has 0 unspecified atom stereocenters. The van der Waals surface area contributed by atoms with E-state index in [1.54, 1.807) is 5.57 Å². The van der Waals surface area contributed by atoms with Crippen molar-refractivity contribution in [2.75, 3.05) is 0 Å². The van der Waals surface area contributed by atoms with E-state index in [4.69, 9.17) is 4.74 Å². The van der Waals surface area contributed by atoms with Crippen molar-refractivity contribution in [3.05, 3.63) is 11.6 Å². The van der Waals surface area contributed by atoms with Crippen LogP contribution in [0.1, 0.15) is 79.1 Å². The summed E-state index contributed by atoms with van der Waals surface area (Å²) in [4.78, 5) is 11.4. The number of hydrogen-bond acceptors (Lipinski definition) is 3. The fourth-order valence-electron chi connectivity index (χ4n) is 7.80. The summed E-state index contributed by atoms with van der Waals surface area (Å²) in [6, 6.07) is 0. The van der Waals surface area contributed by atoms with E-state index in [0.29, 0.717) is 16.7 Å². The molecule has 0 spiro atoms. The highest BCUT2D eigenvalue weighted by molar-refractivity contribution is 5.66. The molecule has 146 valence electrons. The van der Waals surface area contributed by atoms with Crippen LogP contribution >= 0.6 is 0 Å². The van der Waals surface area contributed by atoms with Crippen molar-refractivity contribution < 1.29 is 14.6 Å². The zero-order valence-corrected chi connectivity index (χ0v) is 17.0. The van der Waals surface area contributed by atoms with Crippen molar-refractivity contribution in [2.24, 2.45) is 34.5 Å². The largest absolute Gasteiger partial charge is 0.462 e. The van der Waals surface area contributed by atoms with Gasteiger partial charge in [-0.05, 0) is 86.4 Å². The van der Waals surface area contributed by atoms with E-state index >= 15 is 0 Å². The van der Waals surface area contributed by atoms with E-state index in [2.05, 4.69) is 19.9 Å². The van der Waals surface area contributed by atoms with Gasteiger partial charge in [0.1, 0.15) is 6.10 Å². The first-order valence-electron chi connectivity index (χ1n) is 10.8. The predicted molar refractivity (Wildman–Crippen MR) is 102 cm³/mol. The van der Waals surface area contributed by atoms with E-state index in [-0.39, 0.29) is 18.2 Å². The van der Waals surface area contributed by atoms with Gasteiger partial charge in [0, 0.05) is 13.3 Å². The topological polar surface area (TPSA) is 46.5 Å². The van der Waals surface area contributed by atoms with E-state index < -0.39 is 0 Å². The number of carbonyl (C=O) groups excluding carboxylic acids is 1. The molecular weight excluding hydrogens is 324 g/mol. The first-order chi connectivity index (χ1) is 12.3. The lowest BCUT2D eigenvalue weighted by atomic mass is 9.47. The Morgan fingerprint density at radius 1 is 1.19 bits per heavy atom. The lowest BCUT2D eigenvalue weighted by molar-refractivity contribution is -0.148. The molecule has 0 bridgehead atoms. The molecule has 0 heterocycles. The standard InChI is InChI=1S/C23H36O3/c1-14(24)19-7-8-20-18-6-5-16-13-17(26-15(2)25)9-11-22(16,3)21(18)10-12-23(19,20)4/h5,14,17-21,24H,6-13H2,1-4H3/t14-,17+,18+,19+,20-,21+,22-,23+/m1/s1. The van der Waals surface area contributed by atoms with Crippen LogP contribution in [0.3, 0.4) is 0 Å². The molecule has 3 saturated carbocycles. The van der Waals surface area contributed by atoms with Gasteiger partial charge in [-0.15, -0.1) is 0 Å². The van der Waals surface area contributed by atoms with Gasteiger partial charge in [0.05, 0.1) is 6.10 Å². The fraction of sp³-hybridized carbons (Fsp3) is 0.870. The average Bonchev–Trinajstić information content (AvgIpc) is 2.92. The van der Waals surface area contributed by atoms with Crippen LogP contribution in [0.25, 0.3) is 0 Å². The fourth-order valence-corrected chi connectivity index (χ4v) is 7.80. The van der Waals surface area contributed by atoms with Crippen LogP contribution in [0, 0.1) is 34.5 Å². The molecule has 4 aliphatic carbocycles. The zero-order valence-electron chi connectivity index (χ0n) is 17.0. The Labute approximate surface area is 158 Å². The number of aliphatic hydroxyl groups excluding tert-OH is 1. The minimum absolute atomic E-state index is 0.0864. The maximum atomic E-state index is 11.4. The number of allylic oxidation sites excluding steroid dienone is 1. The van der Waals surface area contributed by atoms with Crippen LogP contribution in [0.5, 0.6) is 0 Å². The number of ether oxygens (including phenoxy) is 1. The minimum Gasteiger partial charge on any atom is -0.462 e. The highest BCUT2D eigenvalue weighted by atomic mass is 16.5. The van der Waals surface area contributed by atoms with Crippen molar-refractivity contribution in [1.29, 1.82) is 0 Å². The van der Waals surface area contributed by atoms with Gasteiger partial charge in [-0.1, -0.05) is 25.5 Å². The Bertz CT molecular complexity index is 609. The number of hydrogen-bond donors (Lipinski definition) is 1. The number of carbonyl (C=O) groups is 1. The Kier molecular flexibility index (Phi) is 4.53. The molecular formula is C23H36O3. The summed E-state index contributed by atoms with van der Waals surface area (Å²) in [7, 11) is 0. The van der Waals surface area contributed by atoms with Crippen molar-refractivity contribution in [2.45, 2.75) is 91.3 Å². The third-order valence-corrected chi connectivity index (χ3v) is 9.05. The highest BCUT2D eigenvalue weighted by Crippen LogP contribution is 2.66. The molecule has 0 saturated heterocycles. The molecule has 0 aromatic rings. The first kappa shape index (κ1) is 18.5. The third-order valence-electron chi connectivity index (χ3n) is 9.05. The van der Waals surface area contributed by atoms with Crippen LogP contribution in [0.15, 0.2) is 11.6 Å². The summed E-state index contributed by atoms with van der Waals surface area (Å²) in [5.41, 5.74) is 2.18. The summed E-state index contributed by atoms with van der Waals surface area (Å²) >= 11 is 0. The van der Waals surface area contributed by atoms with Gasteiger partial charge in [0.2, 0.25) is 0 Å². The maximum Gasteiger partial charge on any atom is 0.302 e. The molecule has 0 radical (unpaired) electrons. The Morgan fingerprint density at radius 2 is 1.96 bits per heavy atom.